The molecule has 0 aliphatic carbocycles. The summed E-state index contributed by atoms with van der Waals surface area (Å²) in [4.78, 5) is 13.9. The monoisotopic (exact) mass is 315 g/mol. The number of hydrogen-bond donors (Lipinski definition) is 1. The van der Waals surface area contributed by atoms with Gasteiger partial charge in [-0.25, -0.2) is 4.39 Å². The number of amides is 1. The maximum Gasteiger partial charge on any atom is 0.254 e. The number of benzene rings is 1. The van der Waals surface area contributed by atoms with Crippen LogP contribution in [0, 0.1) is 5.82 Å². The van der Waals surface area contributed by atoms with Crippen molar-refractivity contribution in [1.29, 1.82) is 0 Å². The van der Waals surface area contributed by atoms with Gasteiger partial charge >= 0.3 is 0 Å². The van der Waals surface area contributed by atoms with E-state index in [0.29, 0.717) is 16.6 Å². The lowest BCUT2D eigenvalue weighted by atomic mass is 10.0. The third-order valence-electron chi connectivity index (χ3n) is 3.21. The van der Waals surface area contributed by atoms with Gasteiger partial charge in [0.2, 0.25) is 0 Å². The van der Waals surface area contributed by atoms with E-state index in [4.69, 9.17) is 0 Å². The summed E-state index contributed by atoms with van der Waals surface area (Å²) in [7, 11) is 0. The number of carbonyl (C=O) groups is 1. The number of hydrogen-bond acceptors (Lipinski definition) is 2. The van der Waals surface area contributed by atoms with Crippen molar-refractivity contribution in [2.75, 3.05) is 13.2 Å². The van der Waals surface area contributed by atoms with E-state index >= 15 is 0 Å². The average molecular weight is 316 g/mol. The summed E-state index contributed by atoms with van der Waals surface area (Å²) in [6.07, 6.45) is 2.75. The van der Waals surface area contributed by atoms with Crippen LogP contribution in [-0.2, 0) is 0 Å². The van der Waals surface area contributed by atoms with Gasteiger partial charge in [-0.15, -0.1) is 0 Å². The predicted molar refractivity (Wildman–Crippen MR) is 69.9 cm³/mol. The molecule has 1 fully saturated rings. The first kappa shape index (κ1) is 13.5. The Labute approximate surface area is 114 Å². The summed E-state index contributed by atoms with van der Waals surface area (Å²) in [5, 5.41) is 9.29. The normalized spacial score (nSPS) is 19.9. The second-order valence-corrected chi connectivity index (χ2v) is 5.40. The summed E-state index contributed by atoms with van der Waals surface area (Å²) in [6.45, 7) is 0.584. The summed E-state index contributed by atoms with van der Waals surface area (Å²) in [5.41, 5.74) is 0.322. The van der Waals surface area contributed by atoms with Gasteiger partial charge < -0.3 is 10.0 Å². The molecular formula is C13H15BrFNO2. The third kappa shape index (κ3) is 2.90. The maximum absolute atomic E-state index is 13.3. The van der Waals surface area contributed by atoms with Crippen molar-refractivity contribution in [1.82, 2.24) is 4.90 Å². The largest absolute Gasteiger partial charge is 0.394 e. The van der Waals surface area contributed by atoms with Crippen molar-refractivity contribution < 1.29 is 14.3 Å². The molecule has 3 nitrogen and oxygen atoms in total. The van der Waals surface area contributed by atoms with Crippen molar-refractivity contribution in [3.63, 3.8) is 0 Å². The Morgan fingerprint density at radius 2 is 2.22 bits per heavy atom. The topological polar surface area (TPSA) is 40.5 Å². The van der Waals surface area contributed by atoms with Gasteiger partial charge in [0.15, 0.2) is 0 Å². The number of aliphatic hydroxyl groups excluding tert-OH is 1. The van der Waals surface area contributed by atoms with Crippen LogP contribution >= 0.6 is 15.9 Å². The van der Waals surface area contributed by atoms with E-state index in [1.165, 1.54) is 12.1 Å². The number of rotatable bonds is 2. The second-order valence-electron chi connectivity index (χ2n) is 4.49. The molecule has 1 atom stereocenters. The zero-order chi connectivity index (χ0) is 13.1. The number of likely N-dealkylation sites (tertiary alicyclic amines) is 1. The molecule has 0 bridgehead atoms. The van der Waals surface area contributed by atoms with Crippen molar-refractivity contribution in [2.24, 2.45) is 0 Å². The molecule has 1 heterocycles. The van der Waals surface area contributed by atoms with Gasteiger partial charge in [-0.3, -0.25) is 4.79 Å². The van der Waals surface area contributed by atoms with Crippen LogP contribution in [0.4, 0.5) is 4.39 Å². The zero-order valence-corrected chi connectivity index (χ0v) is 11.5. The van der Waals surface area contributed by atoms with Crippen LogP contribution in [-0.4, -0.2) is 35.1 Å². The number of piperidine rings is 1. The fourth-order valence-electron chi connectivity index (χ4n) is 2.30. The number of carbonyl (C=O) groups excluding carboxylic acids is 1. The van der Waals surface area contributed by atoms with Gasteiger partial charge in [0.1, 0.15) is 5.82 Å². The molecule has 5 heteroatoms. The molecule has 18 heavy (non-hydrogen) atoms. The minimum Gasteiger partial charge on any atom is -0.394 e. The minimum absolute atomic E-state index is 0.0395. The van der Waals surface area contributed by atoms with Crippen molar-refractivity contribution >= 4 is 21.8 Å². The molecule has 2 rings (SSSR count). The lowest BCUT2D eigenvalue weighted by molar-refractivity contribution is 0.0502. The third-order valence-corrected chi connectivity index (χ3v) is 3.67. The van der Waals surface area contributed by atoms with Gasteiger partial charge in [0, 0.05) is 16.6 Å². The van der Waals surface area contributed by atoms with Crippen LogP contribution in [0.1, 0.15) is 29.6 Å². The fourth-order valence-corrected chi connectivity index (χ4v) is 2.77. The van der Waals surface area contributed by atoms with Crippen LogP contribution in [0.25, 0.3) is 0 Å². The SMILES string of the molecule is O=C(c1cc(F)cc(Br)c1)N1CCCCC1CO. The highest BCUT2D eigenvalue weighted by atomic mass is 79.9. The van der Waals surface area contributed by atoms with Crippen molar-refractivity contribution in [3.05, 3.63) is 34.1 Å². The van der Waals surface area contributed by atoms with Crippen LogP contribution in [0.5, 0.6) is 0 Å². The Balaban J connectivity index is 2.23. The zero-order valence-electron chi connectivity index (χ0n) is 9.90. The van der Waals surface area contributed by atoms with Gasteiger partial charge in [-0.05, 0) is 37.5 Å². The minimum atomic E-state index is -0.440. The molecule has 0 saturated carbocycles. The Hall–Kier alpha value is -0.940. The summed E-state index contributed by atoms with van der Waals surface area (Å²) in [6, 6.07) is 4.01. The first-order chi connectivity index (χ1) is 8.61. The molecule has 0 spiro atoms. The number of nitrogens with zero attached hydrogens (tertiary/aromatic N) is 1. The molecular weight excluding hydrogens is 301 g/mol. The lowest BCUT2D eigenvalue weighted by Gasteiger charge is -2.34. The molecule has 1 aliphatic heterocycles. The van der Waals surface area contributed by atoms with E-state index in [1.807, 2.05) is 0 Å². The van der Waals surface area contributed by atoms with Crippen LogP contribution in [0.3, 0.4) is 0 Å². The molecule has 0 aromatic heterocycles. The maximum atomic E-state index is 13.3. The molecule has 1 amide bonds. The van der Waals surface area contributed by atoms with E-state index in [9.17, 15) is 14.3 Å². The highest BCUT2D eigenvalue weighted by Gasteiger charge is 2.27. The summed E-state index contributed by atoms with van der Waals surface area (Å²) in [5.74, 6) is -0.653. The standard InChI is InChI=1S/C13H15BrFNO2/c14-10-5-9(6-11(15)7-10)13(18)16-4-2-1-3-12(16)8-17/h5-7,12,17H,1-4,8H2. The predicted octanol–water partition coefficient (Wildman–Crippen LogP) is 2.58. The lowest BCUT2D eigenvalue weighted by Crippen LogP contribution is -2.45. The van der Waals surface area contributed by atoms with E-state index < -0.39 is 5.82 Å². The molecule has 1 saturated heterocycles. The quantitative estimate of drug-likeness (QED) is 0.911. The van der Waals surface area contributed by atoms with E-state index in [0.717, 1.165) is 19.3 Å². The van der Waals surface area contributed by atoms with Gasteiger partial charge in [-0.1, -0.05) is 15.9 Å². The molecule has 1 aromatic rings. The Bertz CT molecular complexity index is 432. The van der Waals surface area contributed by atoms with Crippen LogP contribution < -0.4 is 0 Å². The highest BCUT2D eigenvalue weighted by molar-refractivity contribution is 9.10. The van der Waals surface area contributed by atoms with E-state index in [-0.39, 0.29) is 18.6 Å². The molecule has 98 valence electrons. The smallest absolute Gasteiger partial charge is 0.254 e. The second kappa shape index (κ2) is 5.80. The van der Waals surface area contributed by atoms with Crippen LogP contribution in [0.2, 0.25) is 0 Å². The fraction of sp³-hybridized carbons (Fsp3) is 0.462. The first-order valence-electron chi connectivity index (χ1n) is 5.99. The average Bonchev–Trinajstić information content (AvgIpc) is 2.36. The Morgan fingerprint density at radius 1 is 1.44 bits per heavy atom. The molecule has 1 N–H and O–H groups in total. The molecule has 1 aliphatic rings. The molecule has 0 radical (unpaired) electrons. The van der Waals surface area contributed by atoms with Gasteiger partial charge in [0.05, 0.1) is 12.6 Å². The number of aliphatic hydroxyl groups is 1. The Morgan fingerprint density at radius 3 is 2.89 bits per heavy atom. The van der Waals surface area contributed by atoms with Crippen LogP contribution in [0.15, 0.2) is 22.7 Å². The summed E-state index contributed by atoms with van der Waals surface area (Å²) >= 11 is 3.18. The summed E-state index contributed by atoms with van der Waals surface area (Å²) < 4.78 is 13.8. The van der Waals surface area contributed by atoms with E-state index in [1.54, 1.807) is 11.0 Å². The Kier molecular flexibility index (Phi) is 4.35. The molecule has 1 unspecified atom stereocenters. The van der Waals surface area contributed by atoms with Gasteiger partial charge in [-0.2, -0.15) is 0 Å². The van der Waals surface area contributed by atoms with Gasteiger partial charge in [0.25, 0.3) is 5.91 Å². The van der Waals surface area contributed by atoms with E-state index in [2.05, 4.69) is 15.9 Å². The van der Waals surface area contributed by atoms with Crippen molar-refractivity contribution in [3.8, 4) is 0 Å². The highest BCUT2D eigenvalue weighted by Crippen LogP contribution is 2.21. The number of halogens is 2. The molecule has 1 aromatic carbocycles. The van der Waals surface area contributed by atoms with Crippen molar-refractivity contribution in [2.45, 2.75) is 25.3 Å². The first-order valence-corrected chi connectivity index (χ1v) is 6.79.